The van der Waals surface area contributed by atoms with Gasteiger partial charge in [0.05, 0.1) is 18.7 Å². The van der Waals surface area contributed by atoms with Crippen LogP contribution in [0.4, 0.5) is 0 Å². The number of nitrogens with one attached hydrogen (secondary N) is 2. The molecule has 0 aliphatic carbocycles. The van der Waals surface area contributed by atoms with E-state index in [1.54, 1.807) is 0 Å². The van der Waals surface area contributed by atoms with Gasteiger partial charge in [0.1, 0.15) is 5.75 Å². The van der Waals surface area contributed by atoms with Gasteiger partial charge in [-0.1, -0.05) is 43.3 Å². The van der Waals surface area contributed by atoms with Crippen LogP contribution in [-0.2, 0) is 11.2 Å². The van der Waals surface area contributed by atoms with Crippen LogP contribution in [0.5, 0.6) is 5.75 Å². The van der Waals surface area contributed by atoms with Crippen LogP contribution in [0.2, 0.25) is 0 Å². The molecule has 1 amide bonds. The van der Waals surface area contributed by atoms with E-state index in [0.29, 0.717) is 13.0 Å². The van der Waals surface area contributed by atoms with Crippen molar-refractivity contribution in [1.82, 2.24) is 10.9 Å². The Labute approximate surface area is 143 Å². The SMILES string of the molecule is CCC=C(NNC(=O)Cc1ccccc1)c1ccc(OCC)cc1. The van der Waals surface area contributed by atoms with Crippen LogP contribution in [0.25, 0.3) is 5.70 Å². The number of hydrogen-bond donors (Lipinski definition) is 2. The lowest BCUT2D eigenvalue weighted by Gasteiger charge is -2.13. The molecule has 126 valence electrons. The molecule has 2 rings (SSSR count). The van der Waals surface area contributed by atoms with Crippen molar-refractivity contribution in [3.8, 4) is 5.75 Å². The number of carbonyl (C=O) groups excluding carboxylic acids is 1. The first-order chi connectivity index (χ1) is 11.7. The Balaban J connectivity index is 1.96. The fourth-order valence-electron chi connectivity index (χ4n) is 2.31. The molecule has 2 N–H and O–H groups in total. The minimum absolute atomic E-state index is 0.0749. The summed E-state index contributed by atoms with van der Waals surface area (Å²) in [4.78, 5) is 12.1. The molecule has 0 heterocycles. The molecule has 0 bridgehead atoms. The minimum Gasteiger partial charge on any atom is -0.494 e. The van der Waals surface area contributed by atoms with Crippen LogP contribution in [0, 0.1) is 0 Å². The molecule has 0 saturated carbocycles. The molecule has 4 heteroatoms. The summed E-state index contributed by atoms with van der Waals surface area (Å²) in [6, 6.07) is 17.5. The number of rotatable bonds is 8. The maximum absolute atomic E-state index is 12.1. The summed E-state index contributed by atoms with van der Waals surface area (Å²) in [5.41, 5.74) is 8.66. The number of allylic oxidation sites excluding steroid dienone is 1. The monoisotopic (exact) mass is 324 g/mol. The van der Waals surface area contributed by atoms with Crippen LogP contribution in [0.1, 0.15) is 31.4 Å². The molecule has 0 saturated heterocycles. The number of hydrogen-bond acceptors (Lipinski definition) is 3. The standard InChI is InChI=1S/C20H24N2O2/c1-3-8-19(17-11-13-18(14-12-17)24-4-2)21-22-20(23)15-16-9-6-5-7-10-16/h5-14,21H,3-4,15H2,1-2H3,(H,22,23). The van der Waals surface area contributed by atoms with Gasteiger partial charge < -0.3 is 4.74 Å². The van der Waals surface area contributed by atoms with Gasteiger partial charge in [-0.15, -0.1) is 0 Å². The molecular formula is C20H24N2O2. The fraction of sp³-hybridized carbons (Fsp3) is 0.250. The van der Waals surface area contributed by atoms with Gasteiger partial charge in [0, 0.05) is 0 Å². The van der Waals surface area contributed by atoms with E-state index in [0.717, 1.165) is 29.0 Å². The molecule has 0 aliphatic heterocycles. The van der Waals surface area contributed by atoms with Crippen LogP contribution in [0.15, 0.2) is 60.7 Å². The second kappa shape index (κ2) is 9.40. The van der Waals surface area contributed by atoms with Crippen molar-refractivity contribution in [2.45, 2.75) is 26.7 Å². The van der Waals surface area contributed by atoms with E-state index in [2.05, 4.69) is 17.8 Å². The largest absolute Gasteiger partial charge is 0.494 e. The second-order valence-electron chi connectivity index (χ2n) is 5.32. The Hall–Kier alpha value is -2.75. The highest BCUT2D eigenvalue weighted by molar-refractivity contribution is 5.79. The Kier molecular flexibility index (Phi) is 6.90. The summed E-state index contributed by atoms with van der Waals surface area (Å²) in [5, 5.41) is 0. The molecule has 2 aromatic rings. The maximum atomic E-state index is 12.1. The smallest absolute Gasteiger partial charge is 0.242 e. The van der Waals surface area contributed by atoms with E-state index in [-0.39, 0.29) is 5.91 Å². The highest BCUT2D eigenvalue weighted by Gasteiger charge is 2.05. The zero-order chi connectivity index (χ0) is 17.2. The predicted octanol–water partition coefficient (Wildman–Crippen LogP) is 3.70. The number of hydrazine groups is 1. The zero-order valence-corrected chi connectivity index (χ0v) is 14.2. The highest BCUT2D eigenvalue weighted by Crippen LogP contribution is 2.17. The molecule has 4 nitrogen and oxygen atoms in total. The van der Waals surface area contributed by atoms with Gasteiger partial charge in [-0.2, -0.15) is 0 Å². The van der Waals surface area contributed by atoms with Crippen LogP contribution in [0.3, 0.4) is 0 Å². The molecule has 24 heavy (non-hydrogen) atoms. The van der Waals surface area contributed by atoms with Gasteiger partial charge >= 0.3 is 0 Å². The van der Waals surface area contributed by atoms with Crippen molar-refractivity contribution in [3.05, 3.63) is 71.8 Å². The van der Waals surface area contributed by atoms with E-state index in [4.69, 9.17) is 4.74 Å². The number of amides is 1. The zero-order valence-electron chi connectivity index (χ0n) is 14.2. The summed E-state index contributed by atoms with van der Waals surface area (Å²) in [5.74, 6) is 0.763. The third kappa shape index (κ3) is 5.47. The van der Waals surface area contributed by atoms with E-state index in [1.165, 1.54) is 0 Å². The molecule has 0 unspecified atom stereocenters. The lowest BCUT2D eigenvalue weighted by Crippen LogP contribution is -2.37. The Bertz CT molecular complexity index is 664. The summed E-state index contributed by atoms with van der Waals surface area (Å²) in [6.45, 7) is 4.66. The Morgan fingerprint density at radius 1 is 1.00 bits per heavy atom. The Morgan fingerprint density at radius 2 is 1.71 bits per heavy atom. The van der Waals surface area contributed by atoms with Gasteiger partial charge in [-0.3, -0.25) is 15.6 Å². The third-order valence-corrected chi connectivity index (χ3v) is 3.43. The number of ether oxygens (including phenoxy) is 1. The number of benzene rings is 2. The number of carbonyl (C=O) groups is 1. The van der Waals surface area contributed by atoms with Crippen molar-refractivity contribution in [2.75, 3.05) is 6.61 Å². The van der Waals surface area contributed by atoms with E-state index < -0.39 is 0 Å². The van der Waals surface area contributed by atoms with Crippen molar-refractivity contribution >= 4 is 11.6 Å². The lowest BCUT2D eigenvalue weighted by molar-refractivity contribution is -0.121. The molecular weight excluding hydrogens is 300 g/mol. The van der Waals surface area contributed by atoms with Gasteiger partial charge in [-0.05, 0) is 48.7 Å². The van der Waals surface area contributed by atoms with E-state index in [1.807, 2.05) is 67.6 Å². The predicted molar refractivity (Wildman–Crippen MR) is 97.3 cm³/mol. The Morgan fingerprint density at radius 3 is 2.33 bits per heavy atom. The average molecular weight is 324 g/mol. The van der Waals surface area contributed by atoms with Gasteiger partial charge in [0.15, 0.2) is 0 Å². The summed E-state index contributed by atoms with van der Waals surface area (Å²) >= 11 is 0. The fourth-order valence-corrected chi connectivity index (χ4v) is 2.31. The maximum Gasteiger partial charge on any atom is 0.242 e. The topological polar surface area (TPSA) is 50.4 Å². The molecule has 0 aliphatic rings. The summed E-state index contributed by atoms with van der Waals surface area (Å²) in [6.07, 6.45) is 3.25. The van der Waals surface area contributed by atoms with Crippen LogP contribution >= 0.6 is 0 Å². The van der Waals surface area contributed by atoms with Crippen molar-refractivity contribution in [3.63, 3.8) is 0 Å². The molecule has 0 radical (unpaired) electrons. The van der Waals surface area contributed by atoms with E-state index >= 15 is 0 Å². The van der Waals surface area contributed by atoms with E-state index in [9.17, 15) is 4.79 Å². The quantitative estimate of drug-likeness (QED) is 0.728. The minimum atomic E-state index is -0.0749. The van der Waals surface area contributed by atoms with Gasteiger partial charge in [0.25, 0.3) is 0 Å². The van der Waals surface area contributed by atoms with Crippen LogP contribution < -0.4 is 15.6 Å². The normalized spacial score (nSPS) is 11.0. The third-order valence-electron chi connectivity index (χ3n) is 3.43. The molecule has 0 spiro atoms. The highest BCUT2D eigenvalue weighted by atomic mass is 16.5. The first-order valence-corrected chi connectivity index (χ1v) is 8.25. The van der Waals surface area contributed by atoms with Crippen molar-refractivity contribution in [2.24, 2.45) is 0 Å². The molecule has 0 aromatic heterocycles. The first kappa shape index (κ1) is 17.6. The lowest BCUT2D eigenvalue weighted by atomic mass is 10.1. The van der Waals surface area contributed by atoms with Crippen LogP contribution in [-0.4, -0.2) is 12.5 Å². The first-order valence-electron chi connectivity index (χ1n) is 8.25. The summed E-state index contributed by atoms with van der Waals surface area (Å²) < 4.78 is 5.46. The van der Waals surface area contributed by atoms with Crippen molar-refractivity contribution < 1.29 is 9.53 Å². The van der Waals surface area contributed by atoms with Gasteiger partial charge in [0.2, 0.25) is 5.91 Å². The summed E-state index contributed by atoms with van der Waals surface area (Å²) in [7, 11) is 0. The molecule has 0 atom stereocenters. The van der Waals surface area contributed by atoms with Crippen molar-refractivity contribution in [1.29, 1.82) is 0 Å². The second-order valence-corrected chi connectivity index (χ2v) is 5.32. The molecule has 0 fully saturated rings. The average Bonchev–Trinajstić information content (AvgIpc) is 2.60. The molecule has 2 aromatic carbocycles. The van der Waals surface area contributed by atoms with Gasteiger partial charge in [-0.25, -0.2) is 0 Å².